The van der Waals surface area contributed by atoms with Gasteiger partial charge in [0, 0.05) is 18.5 Å². The lowest BCUT2D eigenvalue weighted by Crippen LogP contribution is -1.95. The molecular weight excluding hydrogens is 222 g/mol. The van der Waals surface area contributed by atoms with Crippen molar-refractivity contribution >= 4 is 17.4 Å². The molecule has 0 unspecified atom stereocenters. The van der Waals surface area contributed by atoms with Crippen LogP contribution in [0.2, 0.25) is 0 Å². The number of hydrogen-bond acceptors (Lipinski definition) is 5. The van der Waals surface area contributed by atoms with Crippen molar-refractivity contribution in [2.45, 2.75) is 11.6 Å². The molecule has 1 aromatic carbocycles. The highest BCUT2D eigenvalue weighted by molar-refractivity contribution is 7.99. The van der Waals surface area contributed by atoms with Crippen molar-refractivity contribution in [2.24, 2.45) is 7.05 Å². The van der Waals surface area contributed by atoms with Crippen LogP contribution in [0.15, 0.2) is 29.4 Å². The van der Waals surface area contributed by atoms with Crippen LogP contribution in [0.3, 0.4) is 0 Å². The van der Waals surface area contributed by atoms with E-state index in [0.717, 1.165) is 23.0 Å². The zero-order valence-electron chi connectivity index (χ0n) is 9.00. The molecular formula is C10H13N5S. The van der Waals surface area contributed by atoms with Gasteiger partial charge in [-0.1, -0.05) is 23.9 Å². The SMILES string of the molecule is Cn1nnnc1SCCc1ccc(N)cc1. The van der Waals surface area contributed by atoms with Crippen molar-refractivity contribution in [3.8, 4) is 0 Å². The van der Waals surface area contributed by atoms with Crippen LogP contribution in [0.4, 0.5) is 5.69 Å². The second-order valence-corrected chi connectivity index (χ2v) is 4.49. The molecule has 0 radical (unpaired) electrons. The van der Waals surface area contributed by atoms with E-state index < -0.39 is 0 Å². The van der Waals surface area contributed by atoms with Crippen LogP contribution in [0.5, 0.6) is 0 Å². The molecule has 0 amide bonds. The topological polar surface area (TPSA) is 69.6 Å². The number of benzene rings is 1. The number of nitrogen functional groups attached to an aromatic ring is 1. The Hall–Kier alpha value is -1.56. The summed E-state index contributed by atoms with van der Waals surface area (Å²) in [6.07, 6.45) is 0.984. The van der Waals surface area contributed by atoms with Crippen molar-refractivity contribution < 1.29 is 0 Å². The largest absolute Gasteiger partial charge is 0.399 e. The van der Waals surface area contributed by atoms with Crippen molar-refractivity contribution in [3.05, 3.63) is 29.8 Å². The maximum absolute atomic E-state index is 5.62. The van der Waals surface area contributed by atoms with Crippen LogP contribution in [0, 0.1) is 0 Å². The average molecular weight is 235 g/mol. The Kier molecular flexibility index (Phi) is 3.40. The summed E-state index contributed by atoms with van der Waals surface area (Å²) in [5.41, 5.74) is 7.69. The molecule has 0 bridgehead atoms. The van der Waals surface area contributed by atoms with E-state index in [4.69, 9.17) is 5.73 Å². The number of anilines is 1. The Labute approximate surface area is 98.0 Å². The van der Waals surface area contributed by atoms with Crippen LogP contribution < -0.4 is 5.73 Å². The molecule has 0 saturated heterocycles. The first-order valence-corrected chi connectivity index (χ1v) is 5.94. The van der Waals surface area contributed by atoms with E-state index in [-0.39, 0.29) is 0 Å². The van der Waals surface area contributed by atoms with E-state index in [1.165, 1.54) is 5.56 Å². The first-order valence-electron chi connectivity index (χ1n) is 4.95. The van der Waals surface area contributed by atoms with Crippen LogP contribution in [-0.2, 0) is 13.5 Å². The molecule has 0 fully saturated rings. The quantitative estimate of drug-likeness (QED) is 0.635. The molecule has 2 N–H and O–H groups in total. The highest BCUT2D eigenvalue weighted by Crippen LogP contribution is 2.15. The third kappa shape index (κ3) is 2.73. The van der Waals surface area contributed by atoms with Crippen LogP contribution in [-0.4, -0.2) is 26.0 Å². The summed E-state index contributed by atoms with van der Waals surface area (Å²) in [5.74, 6) is 0.956. The number of aryl methyl sites for hydroxylation is 2. The van der Waals surface area contributed by atoms with Crippen molar-refractivity contribution in [1.82, 2.24) is 20.2 Å². The summed E-state index contributed by atoms with van der Waals surface area (Å²) in [6.45, 7) is 0. The Morgan fingerprint density at radius 1 is 1.31 bits per heavy atom. The van der Waals surface area contributed by atoms with Gasteiger partial charge in [-0.25, -0.2) is 4.68 Å². The van der Waals surface area contributed by atoms with Gasteiger partial charge >= 0.3 is 0 Å². The number of nitrogens with two attached hydrogens (primary N) is 1. The summed E-state index contributed by atoms with van der Waals surface area (Å²) < 4.78 is 1.67. The van der Waals surface area contributed by atoms with Gasteiger partial charge in [-0.2, -0.15) is 0 Å². The molecule has 0 spiro atoms. The van der Waals surface area contributed by atoms with E-state index in [0.29, 0.717) is 0 Å². The molecule has 0 aliphatic heterocycles. The lowest BCUT2D eigenvalue weighted by atomic mass is 10.2. The van der Waals surface area contributed by atoms with Crippen molar-refractivity contribution in [2.75, 3.05) is 11.5 Å². The molecule has 6 heteroatoms. The first kappa shape index (κ1) is 10.9. The maximum Gasteiger partial charge on any atom is 0.209 e. The minimum atomic E-state index is 0.800. The van der Waals surface area contributed by atoms with Gasteiger partial charge in [0.1, 0.15) is 0 Å². The van der Waals surface area contributed by atoms with Gasteiger partial charge in [0.15, 0.2) is 0 Å². The second-order valence-electron chi connectivity index (χ2n) is 3.43. The van der Waals surface area contributed by atoms with Gasteiger partial charge in [0.05, 0.1) is 0 Å². The zero-order chi connectivity index (χ0) is 11.4. The minimum Gasteiger partial charge on any atom is -0.399 e. The number of tetrazole rings is 1. The van der Waals surface area contributed by atoms with Crippen LogP contribution in [0.1, 0.15) is 5.56 Å². The van der Waals surface area contributed by atoms with Crippen LogP contribution >= 0.6 is 11.8 Å². The Bertz CT molecular complexity index is 450. The van der Waals surface area contributed by atoms with Gasteiger partial charge in [0.25, 0.3) is 0 Å². The minimum absolute atomic E-state index is 0.800. The van der Waals surface area contributed by atoms with Crippen molar-refractivity contribution in [1.29, 1.82) is 0 Å². The number of rotatable bonds is 4. The van der Waals surface area contributed by atoms with E-state index in [1.54, 1.807) is 16.4 Å². The summed E-state index contributed by atoms with van der Waals surface area (Å²) in [6, 6.07) is 7.93. The summed E-state index contributed by atoms with van der Waals surface area (Å²) in [7, 11) is 1.84. The highest BCUT2D eigenvalue weighted by Gasteiger charge is 2.02. The molecule has 16 heavy (non-hydrogen) atoms. The molecule has 0 atom stereocenters. The summed E-state index contributed by atoms with van der Waals surface area (Å²) in [4.78, 5) is 0. The van der Waals surface area contributed by atoms with E-state index in [1.807, 2.05) is 31.3 Å². The predicted octanol–water partition coefficient (Wildman–Crippen LogP) is 1.13. The van der Waals surface area contributed by atoms with Crippen LogP contribution in [0.25, 0.3) is 0 Å². The maximum atomic E-state index is 5.62. The molecule has 0 saturated carbocycles. The molecule has 5 nitrogen and oxygen atoms in total. The molecule has 1 heterocycles. The molecule has 1 aromatic heterocycles. The highest BCUT2D eigenvalue weighted by atomic mass is 32.2. The number of aromatic nitrogens is 4. The number of hydrogen-bond donors (Lipinski definition) is 1. The Morgan fingerprint density at radius 2 is 2.06 bits per heavy atom. The molecule has 2 rings (SSSR count). The number of nitrogens with zero attached hydrogens (tertiary/aromatic N) is 4. The second kappa shape index (κ2) is 4.98. The molecule has 0 aliphatic rings. The monoisotopic (exact) mass is 235 g/mol. The van der Waals surface area contributed by atoms with E-state index in [2.05, 4.69) is 15.5 Å². The van der Waals surface area contributed by atoms with Gasteiger partial charge in [-0.3, -0.25) is 0 Å². The number of thioether (sulfide) groups is 1. The van der Waals surface area contributed by atoms with Gasteiger partial charge < -0.3 is 5.73 Å². The predicted molar refractivity (Wildman–Crippen MR) is 64.1 cm³/mol. The fraction of sp³-hybridized carbons (Fsp3) is 0.300. The normalized spacial score (nSPS) is 10.6. The van der Waals surface area contributed by atoms with E-state index in [9.17, 15) is 0 Å². The third-order valence-electron chi connectivity index (χ3n) is 2.18. The lowest BCUT2D eigenvalue weighted by Gasteiger charge is -2.01. The fourth-order valence-corrected chi connectivity index (χ4v) is 2.13. The molecule has 0 aliphatic carbocycles. The lowest BCUT2D eigenvalue weighted by molar-refractivity contribution is 0.664. The first-order chi connectivity index (χ1) is 7.75. The third-order valence-corrected chi connectivity index (χ3v) is 3.20. The summed E-state index contributed by atoms with van der Waals surface area (Å²) >= 11 is 1.65. The van der Waals surface area contributed by atoms with Gasteiger partial charge in [-0.15, -0.1) is 5.10 Å². The van der Waals surface area contributed by atoms with Gasteiger partial charge in [0.2, 0.25) is 5.16 Å². The summed E-state index contributed by atoms with van der Waals surface area (Å²) in [5, 5.41) is 12.1. The Balaban J connectivity index is 1.84. The Morgan fingerprint density at radius 3 is 2.69 bits per heavy atom. The average Bonchev–Trinajstić information content (AvgIpc) is 2.68. The van der Waals surface area contributed by atoms with Gasteiger partial charge in [-0.05, 0) is 34.5 Å². The zero-order valence-corrected chi connectivity index (χ0v) is 9.81. The molecule has 84 valence electrons. The van der Waals surface area contributed by atoms with E-state index >= 15 is 0 Å². The smallest absolute Gasteiger partial charge is 0.209 e. The fourth-order valence-electron chi connectivity index (χ4n) is 1.29. The molecule has 2 aromatic rings. The standard InChI is InChI=1S/C10H13N5S/c1-15-10(12-13-14-15)16-7-6-8-2-4-9(11)5-3-8/h2-5H,6-7,11H2,1H3. The van der Waals surface area contributed by atoms with Crippen molar-refractivity contribution in [3.63, 3.8) is 0 Å².